The molecule has 7 nitrogen and oxygen atoms in total. The summed E-state index contributed by atoms with van der Waals surface area (Å²) in [6.45, 7) is 2.15. The van der Waals surface area contributed by atoms with Gasteiger partial charge in [-0.15, -0.1) is 0 Å². The van der Waals surface area contributed by atoms with E-state index in [1.54, 1.807) is 12.1 Å². The minimum Gasteiger partial charge on any atom is -0.445 e. The van der Waals surface area contributed by atoms with Crippen LogP contribution in [0.15, 0.2) is 48.5 Å². The second kappa shape index (κ2) is 6.84. The summed E-state index contributed by atoms with van der Waals surface area (Å²) >= 11 is 0. The zero-order chi connectivity index (χ0) is 19.8. The number of aromatic nitrogens is 1. The third-order valence-electron chi connectivity index (χ3n) is 5.16. The molecule has 7 heteroatoms. The molecule has 28 heavy (non-hydrogen) atoms. The number of non-ortho nitro benzene ring substituents is 1. The largest absolute Gasteiger partial charge is 0.445 e. The highest BCUT2D eigenvalue weighted by molar-refractivity contribution is 5.74. The molecule has 0 atom stereocenters. The van der Waals surface area contributed by atoms with E-state index in [2.05, 4.69) is 22.0 Å². The highest BCUT2D eigenvalue weighted by Gasteiger charge is 2.28. The lowest BCUT2D eigenvalue weighted by atomic mass is 10.0. The Labute approximate surface area is 161 Å². The van der Waals surface area contributed by atoms with Crippen LogP contribution in [0.2, 0.25) is 0 Å². The van der Waals surface area contributed by atoms with E-state index in [0.717, 1.165) is 40.2 Å². The molecule has 1 aliphatic heterocycles. The number of nitrogens with zero attached hydrogens (tertiary/aromatic N) is 2. The number of ether oxygens (including phenoxy) is 1. The molecule has 0 spiro atoms. The molecular weight excluding hydrogens is 358 g/mol. The molecule has 0 radical (unpaired) electrons. The van der Waals surface area contributed by atoms with Crippen LogP contribution < -0.4 is 5.32 Å². The zero-order valence-electron chi connectivity index (χ0n) is 15.6. The number of hydrogen-bond donors (Lipinski definition) is 1. The van der Waals surface area contributed by atoms with Crippen molar-refractivity contribution in [1.29, 1.82) is 0 Å². The summed E-state index contributed by atoms with van der Waals surface area (Å²) < 4.78 is 7.51. The van der Waals surface area contributed by atoms with Gasteiger partial charge in [0.15, 0.2) is 0 Å². The molecule has 1 aliphatic rings. The van der Waals surface area contributed by atoms with Gasteiger partial charge in [-0.05, 0) is 41.8 Å². The van der Waals surface area contributed by atoms with Crippen molar-refractivity contribution < 1.29 is 14.5 Å². The number of carbonyl (C=O) groups is 1. The summed E-state index contributed by atoms with van der Waals surface area (Å²) in [7, 11) is 1.52. The number of fused-ring (bicyclic) bond motifs is 3. The maximum absolute atomic E-state index is 11.6. The average molecular weight is 377 g/mol. The van der Waals surface area contributed by atoms with Crippen molar-refractivity contribution in [3.05, 3.63) is 81.0 Å². The summed E-state index contributed by atoms with van der Waals surface area (Å²) in [6, 6.07) is 14.6. The lowest BCUT2D eigenvalue weighted by molar-refractivity contribution is -0.384. The fraction of sp³-hybridized carbons (Fsp3) is 0.190. The monoisotopic (exact) mass is 377 g/mol. The van der Waals surface area contributed by atoms with E-state index >= 15 is 0 Å². The number of hydrogen-bond acceptors (Lipinski definition) is 4. The van der Waals surface area contributed by atoms with Gasteiger partial charge >= 0.3 is 6.09 Å². The number of benzene rings is 2. The van der Waals surface area contributed by atoms with Gasteiger partial charge in [0, 0.05) is 42.5 Å². The Morgan fingerprint density at radius 1 is 1.21 bits per heavy atom. The van der Waals surface area contributed by atoms with E-state index in [9.17, 15) is 14.9 Å². The van der Waals surface area contributed by atoms with E-state index < -0.39 is 11.0 Å². The highest BCUT2D eigenvalue weighted by Crippen LogP contribution is 2.41. The number of nitrogens with one attached hydrogen (secondary N) is 1. The van der Waals surface area contributed by atoms with Crippen LogP contribution in [0, 0.1) is 17.0 Å². The number of nitro groups is 1. The third kappa shape index (κ3) is 2.81. The Balaban J connectivity index is 1.89. The molecule has 0 bridgehead atoms. The maximum Gasteiger partial charge on any atom is 0.407 e. The summed E-state index contributed by atoms with van der Waals surface area (Å²) in [5.74, 6) is 0. The highest BCUT2D eigenvalue weighted by atomic mass is 16.6. The van der Waals surface area contributed by atoms with Crippen LogP contribution in [0.5, 0.6) is 0 Å². The molecule has 0 aliphatic carbocycles. The fourth-order valence-corrected chi connectivity index (χ4v) is 3.76. The second-order valence-electron chi connectivity index (χ2n) is 6.67. The van der Waals surface area contributed by atoms with E-state index in [1.165, 1.54) is 24.7 Å². The summed E-state index contributed by atoms with van der Waals surface area (Å²) in [6.07, 6.45) is 0.294. The molecule has 2 heterocycles. The van der Waals surface area contributed by atoms with Gasteiger partial charge in [0.1, 0.15) is 6.61 Å². The Morgan fingerprint density at radius 3 is 2.61 bits per heavy atom. The van der Waals surface area contributed by atoms with Crippen LogP contribution >= 0.6 is 0 Å². The van der Waals surface area contributed by atoms with E-state index in [4.69, 9.17) is 4.74 Å². The standard InChI is InChI=1S/C21H19N3O4/c1-13-17(12-28-21(25)22-2)20(14-7-9-16(10-8-14)24(26)27)23-18-6-4-3-5-15(18)11-19(13)23/h3-10H,11-12H2,1-2H3,(H,22,25). The van der Waals surface area contributed by atoms with E-state index in [0.29, 0.717) is 0 Å². The molecule has 3 aromatic rings. The van der Waals surface area contributed by atoms with Crippen LogP contribution in [0.4, 0.5) is 10.5 Å². The van der Waals surface area contributed by atoms with Crippen LogP contribution in [0.3, 0.4) is 0 Å². The van der Waals surface area contributed by atoms with Gasteiger partial charge < -0.3 is 14.6 Å². The van der Waals surface area contributed by atoms with E-state index in [1.807, 2.05) is 19.1 Å². The maximum atomic E-state index is 11.6. The third-order valence-corrected chi connectivity index (χ3v) is 5.16. The average Bonchev–Trinajstić information content (AvgIpc) is 3.21. The molecule has 0 fully saturated rings. The first-order valence-electron chi connectivity index (χ1n) is 8.92. The summed E-state index contributed by atoms with van der Waals surface area (Å²) in [5, 5.41) is 13.5. The first-order valence-corrected chi connectivity index (χ1v) is 8.92. The van der Waals surface area contributed by atoms with E-state index in [-0.39, 0.29) is 12.3 Å². The normalized spacial score (nSPS) is 11.6. The van der Waals surface area contributed by atoms with Crippen molar-refractivity contribution >= 4 is 11.8 Å². The SMILES string of the molecule is CNC(=O)OCc1c(C)c2n(c1-c1ccc([N+](=O)[O-])cc1)-c1ccccc1C2. The molecule has 1 aromatic heterocycles. The van der Waals surface area contributed by atoms with Gasteiger partial charge in [-0.2, -0.15) is 0 Å². The number of carbonyl (C=O) groups excluding carboxylic acids is 1. The van der Waals surface area contributed by atoms with Gasteiger partial charge in [-0.1, -0.05) is 18.2 Å². The van der Waals surface area contributed by atoms with Crippen LogP contribution in [-0.2, 0) is 17.8 Å². The smallest absolute Gasteiger partial charge is 0.407 e. The van der Waals surface area contributed by atoms with Gasteiger partial charge in [0.25, 0.3) is 5.69 Å². The Bertz CT molecular complexity index is 1080. The Kier molecular flexibility index (Phi) is 4.35. The molecule has 142 valence electrons. The number of para-hydroxylation sites is 1. The zero-order valence-corrected chi connectivity index (χ0v) is 15.6. The summed E-state index contributed by atoms with van der Waals surface area (Å²) in [5.41, 5.74) is 7.20. The first-order chi connectivity index (χ1) is 13.5. The first kappa shape index (κ1) is 17.8. The van der Waals surface area contributed by atoms with Crippen molar-refractivity contribution in [3.63, 3.8) is 0 Å². The quantitative estimate of drug-likeness (QED) is 0.428. The van der Waals surface area contributed by atoms with Gasteiger partial charge in [0.2, 0.25) is 0 Å². The molecule has 0 unspecified atom stereocenters. The molecule has 4 rings (SSSR count). The second-order valence-corrected chi connectivity index (χ2v) is 6.67. The van der Waals surface area contributed by atoms with Crippen molar-refractivity contribution in [2.45, 2.75) is 20.0 Å². The molecule has 2 aromatic carbocycles. The van der Waals surface area contributed by atoms with Crippen molar-refractivity contribution in [2.75, 3.05) is 7.05 Å². The van der Waals surface area contributed by atoms with Crippen molar-refractivity contribution in [1.82, 2.24) is 9.88 Å². The number of nitro benzene ring substituents is 1. The molecule has 0 saturated carbocycles. The Hall–Kier alpha value is -3.61. The topological polar surface area (TPSA) is 86.4 Å². The van der Waals surface area contributed by atoms with Crippen molar-refractivity contribution in [2.24, 2.45) is 0 Å². The minimum absolute atomic E-state index is 0.0391. The Morgan fingerprint density at radius 2 is 1.93 bits per heavy atom. The van der Waals surface area contributed by atoms with Gasteiger partial charge in [-0.3, -0.25) is 10.1 Å². The van der Waals surface area contributed by atoms with Crippen LogP contribution in [0.1, 0.15) is 22.4 Å². The number of alkyl carbamates (subject to hydrolysis) is 1. The van der Waals surface area contributed by atoms with Crippen LogP contribution in [-0.4, -0.2) is 22.6 Å². The van der Waals surface area contributed by atoms with Gasteiger partial charge in [-0.25, -0.2) is 4.79 Å². The fourth-order valence-electron chi connectivity index (χ4n) is 3.76. The molecule has 1 N–H and O–H groups in total. The number of rotatable bonds is 4. The molecule has 1 amide bonds. The van der Waals surface area contributed by atoms with Crippen LogP contribution in [0.25, 0.3) is 16.9 Å². The minimum atomic E-state index is -0.499. The lowest BCUT2D eigenvalue weighted by Gasteiger charge is -2.12. The molecular formula is C21H19N3O4. The summed E-state index contributed by atoms with van der Waals surface area (Å²) in [4.78, 5) is 22.2. The number of amides is 1. The lowest BCUT2D eigenvalue weighted by Crippen LogP contribution is -2.19. The van der Waals surface area contributed by atoms with Crippen molar-refractivity contribution in [3.8, 4) is 16.9 Å². The molecule has 0 saturated heterocycles. The predicted molar refractivity (Wildman–Crippen MR) is 105 cm³/mol. The van der Waals surface area contributed by atoms with Gasteiger partial charge in [0.05, 0.1) is 10.6 Å². The predicted octanol–water partition coefficient (Wildman–Crippen LogP) is 4.12.